The molecule has 1 N–H and O–H groups in total. The molecule has 4 aliphatic carbocycles. The van der Waals surface area contributed by atoms with Crippen LogP contribution in [0.5, 0.6) is 0 Å². The second-order valence-corrected chi connectivity index (χ2v) is 16.3. The topological polar surface area (TPSA) is 106 Å². The van der Waals surface area contributed by atoms with E-state index in [1.807, 2.05) is 91.3 Å². The van der Waals surface area contributed by atoms with Gasteiger partial charge < -0.3 is 5.32 Å². The van der Waals surface area contributed by atoms with Gasteiger partial charge in [-0.2, -0.15) is 0 Å². The van der Waals surface area contributed by atoms with Crippen molar-refractivity contribution in [3.05, 3.63) is 145 Å². The van der Waals surface area contributed by atoms with Crippen LogP contribution in [-0.2, 0) is 30.7 Å². The maximum Gasteiger partial charge on any atom is 0.220 e. The van der Waals surface area contributed by atoms with E-state index in [2.05, 4.69) is 60.3 Å². The summed E-state index contributed by atoms with van der Waals surface area (Å²) in [6.45, 7) is 2.09. The molecule has 8 nitrogen and oxygen atoms in total. The summed E-state index contributed by atoms with van der Waals surface area (Å²) in [5, 5.41) is 3.46. The molecule has 10 rings (SSSR count). The van der Waals surface area contributed by atoms with Gasteiger partial charge in [-0.1, -0.05) is 49.9 Å². The van der Waals surface area contributed by atoms with E-state index in [4.69, 9.17) is 0 Å². The Morgan fingerprint density at radius 1 is 0.508 bits per heavy atom. The summed E-state index contributed by atoms with van der Waals surface area (Å²) in [5.74, 6) is 3.83. The number of hydrogen-bond donors (Lipinski definition) is 1. The molecule has 0 radical (unpaired) electrons. The number of amides is 1. The van der Waals surface area contributed by atoms with E-state index >= 15 is 0 Å². The number of unbranched alkanes of at least 4 members (excludes halogenated alkanes) is 5. The molecule has 6 heterocycles. The third kappa shape index (κ3) is 13.2. The zero-order valence-electron chi connectivity index (χ0n) is 34.2. The molecule has 0 atom stereocenters. The molecule has 0 aliphatic heterocycles. The Kier molecular flexibility index (Phi) is 17.0. The van der Waals surface area contributed by atoms with Gasteiger partial charge in [0.1, 0.15) is 0 Å². The number of pyridine rings is 6. The van der Waals surface area contributed by atoms with Crippen LogP contribution in [0, 0.1) is 30.6 Å². The molecule has 4 bridgehead atoms. The first-order valence-corrected chi connectivity index (χ1v) is 21.4. The number of carbonyl (C=O) groups excluding carboxylic acids is 1. The zero-order chi connectivity index (χ0) is 39.8. The summed E-state index contributed by atoms with van der Waals surface area (Å²) in [4.78, 5) is 38.3. The van der Waals surface area contributed by atoms with Gasteiger partial charge in [-0.05, 0) is 166 Å². The molecule has 6 aromatic heterocycles. The minimum atomic E-state index is 0. The zero-order valence-corrected chi connectivity index (χ0v) is 36.0. The molecular formula is C50H57N7ORu. The minimum absolute atomic E-state index is 0. The van der Waals surface area contributed by atoms with Gasteiger partial charge in [0.05, 0.1) is 34.2 Å². The van der Waals surface area contributed by atoms with Crippen molar-refractivity contribution in [1.29, 1.82) is 0 Å². The number of aromatic nitrogens is 6. The van der Waals surface area contributed by atoms with Crippen LogP contribution in [0.2, 0.25) is 0 Å². The smallest absolute Gasteiger partial charge is 0.220 e. The van der Waals surface area contributed by atoms with Crippen LogP contribution in [0.1, 0.15) is 88.2 Å². The Hall–Kier alpha value is -5.01. The van der Waals surface area contributed by atoms with Crippen molar-refractivity contribution in [2.75, 3.05) is 0 Å². The van der Waals surface area contributed by atoms with Gasteiger partial charge in [0.15, 0.2) is 0 Å². The van der Waals surface area contributed by atoms with Crippen LogP contribution in [0.4, 0.5) is 0 Å². The fraction of sp³-hybridized carbons (Fsp3) is 0.380. The predicted molar refractivity (Wildman–Crippen MR) is 232 cm³/mol. The first-order chi connectivity index (χ1) is 28.6. The largest absolute Gasteiger partial charge is 0.353 e. The van der Waals surface area contributed by atoms with E-state index in [0.717, 1.165) is 77.1 Å². The second-order valence-electron chi connectivity index (χ2n) is 16.3. The molecular weight excluding hydrogens is 816 g/mol. The first kappa shape index (κ1) is 43.6. The SMILES string of the molecule is Cc1ccnc(-c2cc(CCCCCCCCC(=O)NC3C4CC5CC(C4)CC3C5)ccn2)c1.[Ru].c1ccc(-c2ccccn2)nc1.c1ccc(-c2ccccn2)nc1. The molecule has 4 saturated carbocycles. The van der Waals surface area contributed by atoms with Crippen molar-refractivity contribution in [2.45, 2.75) is 96.4 Å². The Bertz CT molecular complexity index is 1940. The molecule has 6 aromatic rings. The van der Waals surface area contributed by atoms with Crippen LogP contribution >= 0.6 is 0 Å². The average molecular weight is 873 g/mol. The van der Waals surface area contributed by atoms with Gasteiger partial charge in [0.2, 0.25) is 5.91 Å². The molecule has 0 spiro atoms. The monoisotopic (exact) mass is 873 g/mol. The molecule has 0 saturated heterocycles. The van der Waals surface area contributed by atoms with Gasteiger partial charge in [-0.3, -0.25) is 34.7 Å². The summed E-state index contributed by atoms with van der Waals surface area (Å²) < 4.78 is 0. The molecule has 9 heteroatoms. The van der Waals surface area contributed by atoms with Crippen LogP contribution in [0.3, 0.4) is 0 Å². The van der Waals surface area contributed by atoms with E-state index in [0.29, 0.717) is 11.9 Å². The van der Waals surface area contributed by atoms with Gasteiger partial charge in [-0.25, -0.2) is 0 Å². The molecule has 59 heavy (non-hydrogen) atoms. The van der Waals surface area contributed by atoms with E-state index in [1.165, 1.54) is 75.3 Å². The number of hydrogen-bond acceptors (Lipinski definition) is 7. The van der Waals surface area contributed by atoms with Crippen molar-refractivity contribution in [3.8, 4) is 34.2 Å². The van der Waals surface area contributed by atoms with Crippen molar-refractivity contribution < 1.29 is 24.3 Å². The number of aryl methyl sites for hydroxylation is 2. The number of nitrogens with one attached hydrogen (secondary N) is 1. The van der Waals surface area contributed by atoms with Crippen molar-refractivity contribution in [3.63, 3.8) is 0 Å². The van der Waals surface area contributed by atoms with Crippen molar-refractivity contribution in [1.82, 2.24) is 35.2 Å². The molecule has 0 unspecified atom stereocenters. The van der Waals surface area contributed by atoms with Gasteiger partial charge in [-0.15, -0.1) is 0 Å². The molecule has 1 amide bonds. The normalized spacial score (nSPS) is 19.6. The van der Waals surface area contributed by atoms with Crippen LogP contribution < -0.4 is 5.32 Å². The Labute approximate surface area is 363 Å². The van der Waals surface area contributed by atoms with E-state index < -0.39 is 0 Å². The summed E-state index contributed by atoms with van der Waals surface area (Å²) in [6, 6.07) is 32.1. The van der Waals surface area contributed by atoms with Gasteiger partial charge >= 0.3 is 0 Å². The standard InChI is InChI=1S/C30H41N3O.2C10H8N2.Ru/c1-21-10-12-31-27(14-21)28-20-22(11-13-32-28)8-6-4-2-3-5-7-9-29(34)33-30-25-16-23-15-24(18-25)19-26(30)17-23;2*1-3-7-11-9(5-1)10-6-2-4-8-12-10;/h10-14,20,23-26,30H,2-9,15-19H2,1H3,(H,33,34);2*1-8H;. The average Bonchev–Trinajstić information content (AvgIpc) is 3.27. The minimum Gasteiger partial charge on any atom is -0.353 e. The number of carbonyl (C=O) groups is 1. The third-order valence-corrected chi connectivity index (χ3v) is 11.9. The predicted octanol–water partition coefficient (Wildman–Crippen LogP) is 11.0. The molecule has 4 aliphatic rings. The maximum atomic E-state index is 12.6. The second kappa shape index (κ2) is 23.0. The Morgan fingerprint density at radius 2 is 0.949 bits per heavy atom. The van der Waals surface area contributed by atoms with E-state index in [1.54, 1.807) is 24.8 Å². The summed E-state index contributed by atoms with van der Waals surface area (Å²) in [6.07, 6.45) is 26.8. The number of nitrogens with zero attached hydrogens (tertiary/aromatic N) is 6. The van der Waals surface area contributed by atoms with Gasteiger partial charge in [0.25, 0.3) is 0 Å². The summed E-state index contributed by atoms with van der Waals surface area (Å²) in [7, 11) is 0. The van der Waals surface area contributed by atoms with Gasteiger partial charge in [0, 0.05) is 69.1 Å². The number of rotatable bonds is 13. The Morgan fingerprint density at radius 3 is 1.42 bits per heavy atom. The van der Waals surface area contributed by atoms with Crippen LogP contribution in [-0.4, -0.2) is 41.9 Å². The summed E-state index contributed by atoms with van der Waals surface area (Å²) in [5.41, 5.74) is 8.13. The Balaban J connectivity index is 0.000000190. The van der Waals surface area contributed by atoms with Crippen LogP contribution in [0.25, 0.3) is 34.2 Å². The third-order valence-electron chi connectivity index (χ3n) is 11.9. The first-order valence-electron chi connectivity index (χ1n) is 21.4. The fourth-order valence-electron chi connectivity index (χ4n) is 9.24. The summed E-state index contributed by atoms with van der Waals surface area (Å²) >= 11 is 0. The van der Waals surface area contributed by atoms with Crippen molar-refractivity contribution in [2.24, 2.45) is 23.7 Å². The quantitative estimate of drug-likeness (QED) is 0.0910. The fourth-order valence-corrected chi connectivity index (χ4v) is 9.24. The maximum absolute atomic E-state index is 12.6. The van der Waals surface area contributed by atoms with E-state index in [-0.39, 0.29) is 19.5 Å². The molecule has 0 aromatic carbocycles. The van der Waals surface area contributed by atoms with Crippen molar-refractivity contribution >= 4 is 5.91 Å². The van der Waals surface area contributed by atoms with E-state index in [9.17, 15) is 4.79 Å². The molecule has 306 valence electrons. The molecule has 4 fully saturated rings. The van der Waals surface area contributed by atoms with Crippen LogP contribution in [0.15, 0.2) is 134 Å².